The molecule has 1 aromatic carbocycles. The molecule has 2 nitrogen and oxygen atoms in total. The lowest BCUT2D eigenvalue weighted by atomic mass is 10.1. The number of rotatable bonds is 14. The van der Waals surface area contributed by atoms with Crippen molar-refractivity contribution in [1.82, 2.24) is 0 Å². The quantitative estimate of drug-likeness (QED) is 0.243. The fourth-order valence-corrected chi connectivity index (χ4v) is 3.04. The van der Waals surface area contributed by atoms with E-state index in [1.54, 1.807) is 12.1 Å². The van der Waals surface area contributed by atoms with Crippen LogP contribution >= 0.6 is 15.9 Å². The lowest BCUT2D eigenvalue weighted by Gasteiger charge is -2.05. The van der Waals surface area contributed by atoms with Crippen molar-refractivity contribution in [3.8, 4) is 0 Å². The standard InChI is InChI=1S/C21H33BrO2/c1-2-3-4-5-6-7-8-9-10-11-12-13-18-24-21(23)19-14-16-20(22)17-15-19/h14-17H,2-13,18H2,1H3. The summed E-state index contributed by atoms with van der Waals surface area (Å²) in [5.41, 5.74) is 0.622. The molecular weight excluding hydrogens is 364 g/mol. The average molecular weight is 397 g/mol. The average Bonchev–Trinajstić information content (AvgIpc) is 2.59. The summed E-state index contributed by atoms with van der Waals surface area (Å²) in [4.78, 5) is 11.8. The Morgan fingerprint density at radius 1 is 0.792 bits per heavy atom. The highest BCUT2D eigenvalue weighted by atomic mass is 79.9. The summed E-state index contributed by atoms with van der Waals surface area (Å²) in [6.07, 6.45) is 15.8. The highest BCUT2D eigenvalue weighted by molar-refractivity contribution is 9.10. The zero-order valence-electron chi connectivity index (χ0n) is 15.2. The van der Waals surface area contributed by atoms with Crippen LogP contribution in [0.4, 0.5) is 0 Å². The topological polar surface area (TPSA) is 26.3 Å². The first-order chi connectivity index (χ1) is 11.7. The summed E-state index contributed by atoms with van der Waals surface area (Å²) in [6, 6.07) is 7.30. The molecule has 0 aliphatic rings. The molecule has 0 amide bonds. The molecule has 0 N–H and O–H groups in total. The highest BCUT2D eigenvalue weighted by Crippen LogP contribution is 2.13. The van der Waals surface area contributed by atoms with Gasteiger partial charge in [-0.05, 0) is 30.7 Å². The third-order valence-electron chi connectivity index (χ3n) is 4.31. The maximum absolute atomic E-state index is 11.8. The zero-order valence-corrected chi connectivity index (χ0v) is 16.8. The van der Waals surface area contributed by atoms with Crippen molar-refractivity contribution in [1.29, 1.82) is 0 Å². The Hall–Kier alpha value is -0.830. The molecule has 1 aromatic rings. The predicted octanol–water partition coefficient (Wildman–Crippen LogP) is 7.31. The molecule has 0 atom stereocenters. The molecule has 0 aliphatic heterocycles. The van der Waals surface area contributed by atoms with Gasteiger partial charge in [-0.15, -0.1) is 0 Å². The minimum atomic E-state index is -0.217. The molecule has 0 bridgehead atoms. The number of hydrogen-bond donors (Lipinski definition) is 0. The Bertz CT molecular complexity index is 428. The SMILES string of the molecule is CCCCCCCCCCCCCCOC(=O)c1ccc(Br)cc1. The summed E-state index contributed by atoms with van der Waals surface area (Å²) >= 11 is 3.36. The Morgan fingerprint density at radius 2 is 1.25 bits per heavy atom. The van der Waals surface area contributed by atoms with Gasteiger partial charge in [0.25, 0.3) is 0 Å². The minimum Gasteiger partial charge on any atom is -0.462 e. The molecule has 136 valence electrons. The molecule has 0 saturated carbocycles. The van der Waals surface area contributed by atoms with Crippen molar-refractivity contribution in [3.63, 3.8) is 0 Å². The molecule has 0 saturated heterocycles. The van der Waals surface area contributed by atoms with E-state index in [1.807, 2.05) is 12.1 Å². The van der Waals surface area contributed by atoms with E-state index >= 15 is 0 Å². The van der Waals surface area contributed by atoms with E-state index in [2.05, 4.69) is 22.9 Å². The van der Waals surface area contributed by atoms with Crippen molar-refractivity contribution in [2.45, 2.75) is 84.0 Å². The Morgan fingerprint density at radius 3 is 1.75 bits per heavy atom. The smallest absolute Gasteiger partial charge is 0.338 e. The third kappa shape index (κ3) is 10.9. The van der Waals surface area contributed by atoms with Gasteiger partial charge in [-0.1, -0.05) is 93.5 Å². The number of unbranched alkanes of at least 4 members (excludes halogenated alkanes) is 11. The predicted molar refractivity (Wildman–Crippen MR) is 106 cm³/mol. The third-order valence-corrected chi connectivity index (χ3v) is 4.84. The van der Waals surface area contributed by atoms with Crippen LogP contribution in [0.1, 0.15) is 94.3 Å². The molecule has 0 unspecified atom stereocenters. The fourth-order valence-electron chi connectivity index (χ4n) is 2.78. The number of carbonyl (C=O) groups excluding carboxylic acids is 1. The van der Waals surface area contributed by atoms with Gasteiger partial charge in [0.2, 0.25) is 0 Å². The molecule has 24 heavy (non-hydrogen) atoms. The normalized spacial score (nSPS) is 10.8. The van der Waals surface area contributed by atoms with E-state index in [9.17, 15) is 4.79 Å². The van der Waals surface area contributed by atoms with Crippen molar-refractivity contribution in [2.75, 3.05) is 6.61 Å². The van der Waals surface area contributed by atoms with Crippen LogP contribution in [0.2, 0.25) is 0 Å². The molecule has 0 heterocycles. The van der Waals surface area contributed by atoms with Gasteiger partial charge in [-0.3, -0.25) is 0 Å². The first-order valence-electron chi connectivity index (χ1n) is 9.66. The van der Waals surface area contributed by atoms with E-state index in [0.29, 0.717) is 12.2 Å². The van der Waals surface area contributed by atoms with Crippen molar-refractivity contribution in [3.05, 3.63) is 34.3 Å². The Balaban J connectivity index is 1.87. The maximum Gasteiger partial charge on any atom is 0.338 e. The molecule has 0 fully saturated rings. The van der Waals surface area contributed by atoms with Gasteiger partial charge in [0, 0.05) is 4.47 Å². The summed E-state index contributed by atoms with van der Waals surface area (Å²) in [5.74, 6) is -0.217. The van der Waals surface area contributed by atoms with Gasteiger partial charge in [0.1, 0.15) is 0 Å². The molecule has 0 radical (unpaired) electrons. The van der Waals surface area contributed by atoms with Gasteiger partial charge >= 0.3 is 5.97 Å². The monoisotopic (exact) mass is 396 g/mol. The summed E-state index contributed by atoms with van der Waals surface area (Å²) < 4.78 is 6.28. The van der Waals surface area contributed by atoms with Crippen LogP contribution in [0.3, 0.4) is 0 Å². The second kappa shape index (κ2) is 14.5. The molecule has 0 aromatic heterocycles. The van der Waals surface area contributed by atoms with E-state index in [1.165, 1.54) is 64.2 Å². The molecule has 0 aliphatic carbocycles. The lowest BCUT2D eigenvalue weighted by Crippen LogP contribution is -2.06. The van der Waals surface area contributed by atoms with Crippen LogP contribution in [0.15, 0.2) is 28.7 Å². The number of benzene rings is 1. The lowest BCUT2D eigenvalue weighted by molar-refractivity contribution is 0.0497. The maximum atomic E-state index is 11.8. The fraction of sp³-hybridized carbons (Fsp3) is 0.667. The van der Waals surface area contributed by atoms with Crippen molar-refractivity contribution in [2.24, 2.45) is 0 Å². The molecular formula is C21H33BrO2. The number of esters is 1. The first-order valence-corrected chi connectivity index (χ1v) is 10.5. The number of ether oxygens (including phenoxy) is 1. The largest absolute Gasteiger partial charge is 0.462 e. The Labute approximate surface area is 156 Å². The van der Waals surface area contributed by atoms with Crippen molar-refractivity contribution >= 4 is 21.9 Å². The molecule has 3 heteroatoms. The van der Waals surface area contributed by atoms with Crippen molar-refractivity contribution < 1.29 is 9.53 Å². The minimum absolute atomic E-state index is 0.217. The van der Waals surface area contributed by atoms with Gasteiger partial charge < -0.3 is 4.74 Å². The zero-order chi connectivity index (χ0) is 17.5. The van der Waals surface area contributed by atoms with Gasteiger partial charge in [-0.2, -0.15) is 0 Å². The first kappa shape index (κ1) is 21.2. The highest BCUT2D eigenvalue weighted by Gasteiger charge is 2.05. The van der Waals surface area contributed by atoms with Gasteiger partial charge in [0.15, 0.2) is 0 Å². The van der Waals surface area contributed by atoms with E-state index in [-0.39, 0.29) is 5.97 Å². The van der Waals surface area contributed by atoms with E-state index in [4.69, 9.17) is 4.74 Å². The van der Waals surface area contributed by atoms with Gasteiger partial charge in [-0.25, -0.2) is 4.79 Å². The van der Waals surface area contributed by atoms with Crippen LogP contribution in [-0.2, 0) is 4.74 Å². The molecule has 1 rings (SSSR count). The van der Waals surface area contributed by atoms with Gasteiger partial charge in [0.05, 0.1) is 12.2 Å². The molecule has 0 spiro atoms. The summed E-state index contributed by atoms with van der Waals surface area (Å²) in [7, 11) is 0. The van der Waals surface area contributed by atoms with Crippen LogP contribution in [-0.4, -0.2) is 12.6 Å². The van der Waals surface area contributed by atoms with E-state index < -0.39 is 0 Å². The summed E-state index contributed by atoms with van der Waals surface area (Å²) in [5, 5.41) is 0. The van der Waals surface area contributed by atoms with Crippen LogP contribution in [0, 0.1) is 0 Å². The number of carbonyl (C=O) groups is 1. The van der Waals surface area contributed by atoms with Crippen LogP contribution in [0.25, 0.3) is 0 Å². The second-order valence-corrected chi connectivity index (χ2v) is 7.45. The number of halogens is 1. The Kier molecular flexibility index (Phi) is 12.8. The second-order valence-electron chi connectivity index (χ2n) is 6.53. The van der Waals surface area contributed by atoms with Crippen LogP contribution < -0.4 is 0 Å². The summed E-state index contributed by atoms with van der Waals surface area (Å²) in [6.45, 7) is 2.80. The number of hydrogen-bond acceptors (Lipinski definition) is 2. The van der Waals surface area contributed by atoms with E-state index in [0.717, 1.165) is 17.3 Å². The van der Waals surface area contributed by atoms with Crippen LogP contribution in [0.5, 0.6) is 0 Å².